The Morgan fingerprint density at radius 3 is 2.65 bits per heavy atom. The molecule has 1 aliphatic rings. The first kappa shape index (κ1) is 15.1. The fourth-order valence-corrected chi connectivity index (χ4v) is 2.25. The lowest BCUT2D eigenvalue weighted by molar-refractivity contribution is -0.116. The van der Waals surface area contributed by atoms with Gasteiger partial charge in [-0.15, -0.1) is 0 Å². The average Bonchev–Trinajstić information content (AvgIpc) is 2.56. The maximum atomic E-state index is 13.6. The van der Waals surface area contributed by atoms with Crippen LogP contribution in [-0.4, -0.2) is 25.2 Å². The van der Waals surface area contributed by atoms with Gasteiger partial charge in [-0.3, -0.25) is 4.79 Å². The Bertz CT molecular complexity index is 721. The van der Waals surface area contributed by atoms with Crippen molar-refractivity contribution in [2.24, 2.45) is 0 Å². The Kier molecular flexibility index (Phi) is 4.32. The van der Waals surface area contributed by atoms with Crippen molar-refractivity contribution in [1.82, 2.24) is 0 Å². The summed E-state index contributed by atoms with van der Waals surface area (Å²) < 4.78 is 24.5. The van der Waals surface area contributed by atoms with Gasteiger partial charge < -0.3 is 20.1 Å². The van der Waals surface area contributed by atoms with E-state index in [2.05, 4.69) is 10.6 Å². The Hall–Kier alpha value is -2.76. The molecule has 120 valence electrons. The van der Waals surface area contributed by atoms with Crippen molar-refractivity contribution in [3.05, 3.63) is 48.3 Å². The van der Waals surface area contributed by atoms with Crippen LogP contribution in [0.1, 0.15) is 6.92 Å². The highest BCUT2D eigenvalue weighted by atomic mass is 19.1. The molecule has 0 saturated carbocycles. The number of carbonyl (C=O) groups is 1. The smallest absolute Gasteiger partial charge is 0.246 e. The van der Waals surface area contributed by atoms with Crippen molar-refractivity contribution in [2.75, 3.05) is 23.8 Å². The predicted octanol–water partition coefficient (Wildman–Crippen LogP) is 3.04. The zero-order valence-electron chi connectivity index (χ0n) is 12.6. The molecule has 0 saturated heterocycles. The van der Waals surface area contributed by atoms with Gasteiger partial charge in [-0.05, 0) is 31.2 Å². The Morgan fingerprint density at radius 1 is 1.13 bits per heavy atom. The number of hydrogen-bond donors (Lipinski definition) is 2. The quantitative estimate of drug-likeness (QED) is 0.910. The van der Waals surface area contributed by atoms with Gasteiger partial charge in [0, 0.05) is 11.8 Å². The standard InChI is InChI=1S/C17H17FN2O3/c1-11(17(21)20-14-5-3-2-4-13(14)18)19-12-6-7-15-16(10-12)23-9-8-22-15/h2-7,10-11,19H,8-9H2,1H3,(H,20,21)/t11-/m0/s1. The zero-order chi connectivity index (χ0) is 16.2. The van der Waals surface area contributed by atoms with Crippen molar-refractivity contribution in [2.45, 2.75) is 13.0 Å². The van der Waals surface area contributed by atoms with Crippen molar-refractivity contribution >= 4 is 17.3 Å². The molecule has 0 spiro atoms. The van der Waals surface area contributed by atoms with Gasteiger partial charge in [0.1, 0.15) is 25.1 Å². The molecule has 6 heteroatoms. The number of carbonyl (C=O) groups excluding carboxylic acids is 1. The second-order valence-electron chi connectivity index (χ2n) is 5.19. The molecule has 0 unspecified atom stereocenters. The molecule has 1 atom stereocenters. The minimum atomic E-state index is -0.544. The molecule has 1 amide bonds. The number of para-hydroxylation sites is 1. The van der Waals surface area contributed by atoms with Gasteiger partial charge in [-0.25, -0.2) is 4.39 Å². The van der Waals surface area contributed by atoms with E-state index in [1.807, 2.05) is 0 Å². The van der Waals surface area contributed by atoms with Crippen LogP contribution in [0, 0.1) is 5.82 Å². The summed E-state index contributed by atoms with van der Waals surface area (Å²) in [4.78, 5) is 12.2. The number of nitrogens with one attached hydrogen (secondary N) is 2. The summed E-state index contributed by atoms with van der Waals surface area (Å²) in [6.45, 7) is 2.73. The SMILES string of the molecule is C[C@H](Nc1ccc2c(c1)OCCO2)C(=O)Nc1ccccc1F. The van der Waals surface area contributed by atoms with Crippen molar-refractivity contribution < 1.29 is 18.7 Å². The molecular formula is C17H17FN2O3. The van der Waals surface area contributed by atoms with E-state index in [-0.39, 0.29) is 11.6 Å². The lowest BCUT2D eigenvalue weighted by atomic mass is 10.2. The minimum absolute atomic E-state index is 0.160. The first-order valence-electron chi connectivity index (χ1n) is 7.35. The third-order valence-corrected chi connectivity index (χ3v) is 3.45. The molecule has 0 bridgehead atoms. The van der Waals surface area contributed by atoms with Gasteiger partial charge in [-0.1, -0.05) is 12.1 Å². The fourth-order valence-electron chi connectivity index (χ4n) is 2.25. The van der Waals surface area contributed by atoms with Gasteiger partial charge in [0.15, 0.2) is 11.5 Å². The van der Waals surface area contributed by atoms with E-state index in [9.17, 15) is 9.18 Å². The van der Waals surface area contributed by atoms with Gasteiger partial charge in [0.25, 0.3) is 0 Å². The minimum Gasteiger partial charge on any atom is -0.486 e. The number of rotatable bonds is 4. The predicted molar refractivity (Wildman–Crippen MR) is 85.5 cm³/mol. The van der Waals surface area contributed by atoms with Crippen LogP contribution in [0.15, 0.2) is 42.5 Å². The van der Waals surface area contributed by atoms with Crippen LogP contribution in [0.5, 0.6) is 11.5 Å². The lowest BCUT2D eigenvalue weighted by Gasteiger charge is -2.20. The summed E-state index contributed by atoms with van der Waals surface area (Å²) in [5, 5.41) is 5.62. The number of anilines is 2. The number of fused-ring (bicyclic) bond motifs is 1. The largest absolute Gasteiger partial charge is 0.486 e. The van der Waals surface area contributed by atoms with Crippen LogP contribution in [0.4, 0.5) is 15.8 Å². The Labute approximate surface area is 133 Å². The maximum Gasteiger partial charge on any atom is 0.246 e. The average molecular weight is 316 g/mol. The summed E-state index contributed by atoms with van der Waals surface area (Å²) >= 11 is 0. The highest BCUT2D eigenvalue weighted by Gasteiger charge is 2.16. The molecule has 0 aliphatic carbocycles. The molecule has 2 aromatic carbocycles. The molecule has 0 aromatic heterocycles. The number of ether oxygens (including phenoxy) is 2. The summed E-state index contributed by atoms with van der Waals surface area (Å²) in [7, 11) is 0. The molecule has 2 aromatic rings. The van der Waals surface area contributed by atoms with Crippen molar-refractivity contribution in [3.8, 4) is 11.5 Å². The van der Waals surface area contributed by atoms with E-state index < -0.39 is 11.9 Å². The Balaban J connectivity index is 1.65. The van der Waals surface area contributed by atoms with Gasteiger partial charge in [-0.2, -0.15) is 0 Å². The van der Waals surface area contributed by atoms with Gasteiger partial charge in [0.2, 0.25) is 5.91 Å². The highest BCUT2D eigenvalue weighted by Crippen LogP contribution is 2.32. The number of halogens is 1. The fraction of sp³-hybridized carbons (Fsp3) is 0.235. The molecule has 23 heavy (non-hydrogen) atoms. The van der Waals surface area contributed by atoms with Crippen LogP contribution < -0.4 is 20.1 Å². The summed E-state index contributed by atoms with van der Waals surface area (Å²) in [6, 6.07) is 10.9. The van der Waals surface area contributed by atoms with Crippen LogP contribution >= 0.6 is 0 Å². The first-order valence-corrected chi connectivity index (χ1v) is 7.35. The second kappa shape index (κ2) is 6.56. The topological polar surface area (TPSA) is 59.6 Å². The monoisotopic (exact) mass is 316 g/mol. The van der Waals surface area contributed by atoms with Crippen molar-refractivity contribution in [3.63, 3.8) is 0 Å². The normalized spacial score (nSPS) is 14.0. The molecule has 2 N–H and O–H groups in total. The molecule has 0 fully saturated rings. The zero-order valence-corrected chi connectivity index (χ0v) is 12.6. The molecule has 1 heterocycles. The summed E-state index contributed by atoms with van der Waals surface area (Å²) in [5.74, 6) is 0.533. The van der Waals surface area contributed by atoms with E-state index in [4.69, 9.17) is 9.47 Å². The van der Waals surface area contributed by atoms with Gasteiger partial charge in [0.05, 0.1) is 5.69 Å². The van der Waals surface area contributed by atoms with E-state index >= 15 is 0 Å². The van der Waals surface area contributed by atoms with E-state index in [0.29, 0.717) is 24.7 Å². The first-order chi connectivity index (χ1) is 11.1. The van der Waals surface area contributed by atoms with Crippen LogP contribution in [0.2, 0.25) is 0 Å². The molecule has 0 radical (unpaired) electrons. The third kappa shape index (κ3) is 3.53. The highest BCUT2D eigenvalue weighted by molar-refractivity contribution is 5.96. The summed E-state index contributed by atoms with van der Waals surface area (Å²) in [6.07, 6.45) is 0. The summed E-state index contributed by atoms with van der Waals surface area (Å²) in [5.41, 5.74) is 0.888. The third-order valence-electron chi connectivity index (χ3n) is 3.45. The molecular weight excluding hydrogens is 299 g/mol. The number of hydrogen-bond acceptors (Lipinski definition) is 4. The van der Waals surface area contributed by atoms with Crippen LogP contribution in [-0.2, 0) is 4.79 Å². The number of amides is 1. The maximum absolute atomic E-state index is 13.6. The molecule has 3 rings (SSSR count). The van der Waals surface area contributed by atoms with E-state index in [1.165, 1.54) is 12.1 Å². The Morgan fingerprint density at radius 2 is 1.87 bits per heavy atom. The van der Waals surface area contributed by atoms with Crippen LogP contribution in [0.25, 0.3) is 0 Å². The van der Waals surface area contributed by atoms with Crippen LogP contribution in [0.3, 0.4) is 0 Å². The van der Waals surface area contributed by atoms with E-state index in [0.717, 1.165) is 5.69 Å². The van der Waals surface area contributed by atoms with Gasteiger partial charge >= 0.3 is 0 Å². The molecule has 1 aliphatic heterocycles. The number of benzene rings is 2. The lowest BCUT2D eigenvalue weighted by Crippen LogP contribution is -2.32. The molecule has 5 nitrogen and oxygen atoms in total. The second-order valence-corrected chi connectivity index (χ2v) is 5.19. The van der Waals surface area contributed by atoms with Crippen molar-refractivity contribution in [1.29, 1.82) is 0 Å². The van der Waals surface area contributed by atoms with E-state index in [1.54, 1.807) is 37.3 Å².